The van der Waals surface area contributed by atoms with Crippen LogP contribution in [0.5, 0.6) is 5.75 Å². The maximum Gasteiger partial charge on any atom is 0.410 e. The molecule has 162 valence electrons. The van der Waals surface area contributed by atoms with Gasteiger partial charge in [0.2, 0.25) is 0 Å². The highest BCUT2D eigenvalue weighted by Crippen LogP contribution is 2.40. The van der Waals surface area contributed by atoms with Gasteiger partial charge in [0.25, 0.3) is 0 Å². The Bertz CT molecular complexity index is 737. The molecule has 1 aromatic rings. The van der Waals surface area contributed by atoms with Crippen molar-refractivity contribution in [1.29, 1.82) is 0 Å². The molecule has 0 fully saturated rings. The van der Waals surface area contributed by atoms with Gasteiger partial charge in [-0.05, 0) is 69.7 Å². The van der Waals surface area contributed by atoms with Gasteiger partial charge in [-0.3, -0.25) is 0 Å². The molecule has 2 heterocycles. The molecular weight excluding hydrogens is 368 g/mol. The molecule has 0 spiro atoms. The number of benzene rings is 1. The molecule has 0 aliphatic carbocycles. The molecule has 6 heteroatoms. The Balaban J connectivity index is 1.84. The Hall–Kier alpha value is -1.95. The second-order valence-corrected chi connectivity index (χ2v) is 9.01. The number of carbonyl (C=O) groups is 1. The quantitative estimate of drug-likeness (QED) is 0.760. The summed E-state index contributed by atoms with van der Waals surface area (Å²) in [6.45, 7) is 13.9. The number of hydrogen-bond acceptors (Lipinski definition) is 5. The summed E-state index contributed by atoms with van der Waals surface area (Å²) >= 11 is 0. The molecule has 2 aliphatic rings. The summed E-state index contributed by atoms with van der Waals surface area (Å²) in [6.07, 6.45) is 2.63. The first-order valence-corrected chi connectivity index (χ1v) is 10.8. The molecule has 0 bridgehead atoms. The van der Waals surface area contributed by atoms with Gasteiger partial charge in [-0.2, -0.15) is 0 Å². The Morgan fingerprint density at radius 2 is 1.97 bits per heavy atom. The topological polar surface area (TPSA) is 51.2 Å². The van der Waals surface area contributed by atoms with Crippen molar-refractivity contribution in [1.82, 2.24) is 4.90 Å². The van der Waals surface area contributed by atoms with Crippen LogP contribution in [0.25, 0.3) is 0 Å². The van der Waals surface area contributed by atoms with Crippen LogP contribution in [0.1, 0.15) is 50.8 Å². The third-order valence-electron chi connectivity index (χ3n) is 5.82. The smallest absolute Gasteiger partial charge is 0.410 e. The maximum atomic E-state index is 12.6. The average molecular weight is 405 g/mol. The highest BCUT2D eigenvalue weighted by atomic mass is 16.6. The van der Waals surface area contributed by atoms with Crippen LogP contribution in [0.3, 0.4) is 0 Å². The van der Waals surface area contributed by atoms with E-state index in [0.29, 0.717) is 19.7 Å². The summed E-state index contributed by atoms with van der Waals surface area (Å²) in [5.74, 6) is 0.962. The summed E-state index contributed by atoms with van der Waals surface area (Å²) in [5.41, 5.74) is 4.62. The van der Waals surface area contributed by atoms with Crippen LogP contribution in [0.2, 0.25) is 0 Å². The predicted molar refractivity (Wildman–Crippen MR) is 115 cm³/mol. The second kappa shape index (κ2) is 8.82. The molecule has 3 rings (SSSR count). The number of fused-ring (bicyclic) bond motifs is 2. The van der Waals surface area contributed by atoms with Crippen LogP contribution >= 0.6 is 0 Å². The van der Waals surface area contributed by atoms with E-state index in [4.69, 9.17) is 14.2 Å². The van der Waals surface area contributed by atoms with E-state index in [2.05, 4.69) is 24.8 Å². The molecule has 0 saturated carbocycles. The summed E-state index contributed by atoms with van der Waals surface area (Å²) in [5, 5.41) is 0. The number of methoxy groups -OCH3 is 1. The molecule has 0 saturated heterocycles. The maximum absolute atomic E-state index is 12.6. The van der Waals surface area contributed by atoms with Crippen LogP contribution < -0.4 is 9.64 Å². The van der Waals surface area contributed by atoms with Gasteiger partial charge >= 0.3 is 6.09 Å². The molecule has 1 amide bonds. The lowest BCUT2D eigenvalue weighted by Crippen LogP contribution is -2.39. The zero-order chi connectivity index (χ0) is 21.2. The molecule has 29 heavy (non-hydrogen) atoms. The van der Waals surface area contributed by atoms with Gasteiger partial charge in [0.1, 0.15) is 18.0 Å². The third-order valence-corrected chi connectivity index (χ3v) is 5.82. The van der Waals surface area contributed by atoms with Crippen molar-refractivity contribution in [2.75, 3.05) is 44.8 Å². The van der Waals surface area contributed by atoms with E-state index in [1.54, 1.807) is 7.11 Å². The van der Waals surface area contributed by atoms with Gasteiger partial charge in [0, 0.05) is 26.7 Å². The Morgan fingerprint density at radius 1 is 1.24 bits per heavy atom. The fourth-order valence-electron chi connectivity index (χ4n) is 4.26. The fraction of sp³-hybridized carbons (Fsp3) is 0.696. The van der Waals surface area contributed by atoms with E-state index >= 15 is 0 Å². The van der Waals surface area contributed by atoms with Crippen molar-refractivity contribution < 1.29 is 19.0 Å². The number of anilines is 1. The van der Waals surface area contributed by atoms with E-state index in [1.165, 1.54) is 22.4 Å². The van der Waals surface area contributed by atoms with Gasteiger partial charge in [-0.15, -0.1) is 0 Å². The molecule has 2 aliphatic heterocycles. The van der Waals surface area contributed by atoms with Crippen molar-refractivity contribution in [3.05, 3.63) is 22.8 Å². The third kappa shape index (κ3) is 4.97. The first-order valence-electron chi connectivity index (χ1n) is 10.8. The van der Waals surface area contributed by atoms with Crippen molar-refractivity contribution in [2.45, 2.75) is 65.6 Å². The van der Waals surface area contributed by atoms with Crippen LogP contribution in [0, 0.1) is 6.92 Å². The van der Waals surface area contributed by atoms with Gasteiger partial charge in [0.15, 0.2) is 0 Å². The number of carbonyl (C=O) groups excluding carboxylic acids is 1. The van der Waals surface area contributed by atoms with E-state index in [9.17, 15) is 4.79 Å². The fourth-order valence-corrected chi connectivity index (χ4v) is 4.26. The minimum Gasteiger partial charge on any atom is -0.490 e. The molecule has 0 aromatic heterocycles. The van der Waals surface area contributed by atoms with Crippen molar-refractivity contribution >= 4 is 11.8 Å². The van der Waals surface area contributed by atoms with Gasteiger partial charge in [-0.25, -0.2) is 4.79 Å². The van der Waals surface area contributed by atoms with E-state index < -0.39 is 5.60 Å². The first kappa shape index (κ1) is 21.8. The minimum absolute atomic E-state index is 0.210. The lowest BCUT2D eigenvalue weighted by molar-refractivity contribution is 0.0258. The number of rotatable bonds is 4. The lowest BCUT2D eigenvalue weighted by Gasteiger charge is -2.36. The largest absolute Gasteiger partial charge is 0.490 e. The Kier molecular flexibility index (Phi) is 6.62. The van der Waals surface area contributed by atoms with Gasteiger partial charge in [0.05, 0.1) is 18.3 Å². The number of amides is 1. The molecule has 0 radical (unpaired) electrons. The molecule has 1 aromatic carbocycles. The Morgan fingerprint density at radius 3 is 2.62 bits per heavy atom. The van der Waals surface area contributed by atoms with E-state index in [0.717, 1.165) is 38.1 Å². The first-order chi connectivity index (χ1) is 13.7. The van der Waals surface area contributed by atoms with E-state index in [1.807, 2.05) is 25.7 Å². The monoisotopic (exact) mass is 404 g/mol. The minimum atomic E-state index is -0.475. The standard InChI is InChI=1S/C23H36N2O4/c1-7-18(27-6)15-25-12-13-28-20-14-17-8-10-24(22(26)29-23(3,4)5)11-9-19(17)16(2)21(20)25/h14,18H,7-13,15H2,1-6H3/t18-/m1/s1. The highest BCUT2D eigenvalue weighted by molar-refractivity contribution is 5.71. The van der Waals surface area contributed by atoms with Crippen LogP contribution in [-0.4, -0.2) is 62.6 Å². The Labute approximate surface area is 175 Å². The molecule has 0 unspecified atom stereocenters. The number of ether oxygens (including phenoxy) is 3. The molecular formula is C23H36N2O4. The molecule has 6 nitrogen and oxygen atoms in total. The van der Waals surface area contributed by atoms with Crippen LogP contribution in [-0.2, 0) is 22.3 Å². The van der Waals surface area contributed by atoms with Gasteiger partial charge < -0.3 is 24.0 Å². The SMILES string of the molecule is CC[C@H](CN1CCOc2cc3c(c(C)c21)CCN(C(=O)OC(C)(C)C)CC3)OC. The average Bonchev–Trinajstić information content (AvgIpc) is 2.87. The molecule has 0 N–H and O–H groups in total. The van der Waals surface area contributed by atoms with Crippen molar-refractivity contribution in [2.24, 2.45) is 0 Å². The van der Waals surface area contributed by atoms with Crippen LogP contribution in [0.4, 0.5) is 10.5 Å². The summed E-state index contributed by atoms with van der Waals surface area (Å²) in [7, 11) is 1.78. The highest BCUT2D eigenvalue weighted by Gasteiger charge is 2.29. The molecule has 1 atom stereocenters. The normalized spacial score (nSPS) is 17.7. The number of nitrogens with zero attached hydrogens (tertiary/aromatic N) is 2. The second-order valence-electron chi connectivity index (χ2n) is 9.01. The predicted octanol–water partition coefficient (Wildman–Crippen LogP) is 3.95. The van der Waals surface area contributed by atoms with Crippen molar-refractivity contribution in [3.63, 3.8) is 0 Å². The number of hydrogen-bond donors (Lipinski definition) is 0. The van der Waals surface area contributed by atoms with Crippen molar-refractivity contribution in [3.8, 4) is 5.75 Å². The summed E-state index contributed by atoms with van der Waals surface area (Å²) < 4.78 is 17.3. The summed E-state index contributed by atoms with van der Waals surface area (Å²) in [4.78, 5) is 16.8. The van der Waals surface area contributed by atoms with Gasteiger partial charge in [-0.1, -0.05) is 6.92 Å². The zero-order valence-electron chi connectivity index (χ0n) is 18.8. The van der Waals surface area contributed by atoms with E-state index in [-0.39, 0.29) is 12.2 Å². The summed E-state index contributed by atoms with van der Waals surface area (Å²) in [6, 6.07) is 2.19. The zero-order valence-corrected chi connectivity index (χ0v) is 18.8. The van der Waals surface area contributed by atoms with Crippen LogP contribution in [0.15, 0.2) is 6.07 Å². The lowest BCUT2D eigenvalue weighted by atomic mass is 9.94.